The van der Waals surface area contributed by atoms with Crippen LogP contribution in [0.2, 0.25) is 0 Å². The molecule has 2 atom stereocenters. The van der Waals surface area contributed by atoms with Crippen LogP contribution >= 0.6 is 0 Å². The number of rotatable bonds is 3. The number of ether oxygens (including phenoxy) is 2. The van der Waals surface area contributed by atoms with E-state index in [0.29, 0.717) is 0 Å². The molecule has 4 heteroatoms. The van der Waals surface area contributed by atoms with Crippen LogP contribution in [-0.4, -0.2) is 32.3 Å². The first-order chi connectivity index (χ1) is 4.63. The molecule has 10 heavy (non-hydrogen) atoms. The first kappa shape index (κ1) is 9.39. The second-order valence-corrected chi connectivity index (χ2v) is 2.04. The Labute approximate surface area is 60.3 Å². The third-order valence-corrected chi connectivity index (χ3v) is 1.16. The highest BCUT2D eigenvalue weighted by Gasteiger charge is 2.21. The Bertz CT molecular complexity index is 114. The van der Waals surface area contributed by atoms with Crippen molar-refractivity contribution < 1.29 is 14.3 Å². The van der Waals surface area contributed by atoms with Crippen molar-refractivity contribution in [1.82, 2.24) is 0 Å². The van der Waals surface area contributed by atoms with E-state index in [1.165, 1.54) is 14.2 Å². The van der Waals surface area contributed by atoms with Crippen molar-refractivity contribution >= 4 is 5.97 Å². The van der Waals surface area contributed by atoms with Gasteiger partial charge in [-0.05, 0) is 6.92 Å². The molecule has 0 aromatic heterocycles. The number of carbonyl (C=O) groups is 1. The summed E-state index contributed by atoms with van der Waals surface area (Å²) >= 11 is 0. The first-order valence-corrected chi connectivity index (χ1v) is 2.99. The van der Waals surface area contributed by atoms with Gasteiger partial charge in [-0.25, -0.2) is 4.79 Å². The Morgan fingerprint density at radius 2 is 2.00 bits per heavy atom. The Kier molecular flexibility index (Phi) is 3.99. The number of methoxy groups -OCH3 is 2. The molecule has 2 unspecified atom stereocenters. The fourth-order valence-corrected chi connectivity index (χ4v) is 0.642. The average molecular weight is 147 g/mol. The van der Waals surface area contributed by atoms with Crippen LogP contribution < -0.4 is 5.73 Å². The Morgan fingerprint density at radius 3 is 2.10 bits per heavy atom. The maximum absolute atomic E-state index is 10.8. The summed E-state index contributed by atoms with van der Waals surface area (Å²) in [6, 6.07) is -0.336. The Balaban J connectivity index is 3.93. The lowest BCUT2D eigenvalue weighted by atomic mass is 10.2. The van der Waals surface area contributed by atoms with E-state index < -0.39 is 12.1 Å². The predicted molar refractivity (Wildman–Crippen MR) is 36.5 cm³/mol. The molecule has 0 aromatic rings. The molecule has 0 aliphatic carbocycles. The first-order valence-electron chi connectivity index (χ1n) is 2.99. The van der Waals surface area contributed by atoms with Crippen molar-refractivity contribution in [2.45, 2.75) is 19.1 Å². The van der Waals surface area contributed by atoms with E-state index in [4.69, 9.17) is 10.5 Å². The van der Waals surface area contributed by atoms with Crippen molar-refractivity contribution in [2.24, 2.45) is 5.73 Å². The van der Waals surface area contributed by atoms with E-state index in [0.717, 1.165) is 0 Å². The minimum absolute atomic E-state index is 0.336. The topological polar surface area (TPSA) is 61.5 Å². The predicted octanol–water partition coefficient (Wildman–Crippen LogP) is -0.478. The molecule has 0 spiro atoms. The summed E-state index contributed by atoms with van der Waals surface area (Å²) in [5.41, 5.74) is 5.40. The zero-order valence-electron chi connectivity index (χ0n) is 6.46. The SMILES string of the molecule is COC(=O)C(OC)C(C)N. The molecule has 4 nitrogen and oxygen atoms in total. The molecule has 60 valence electrons. The molecular formula is C6H13NO3. The molecule has 0 aromatic carbocycles. The van der Waals surface area contributed by atoms with E-state index in [2.05, 4.69) is 4.74 Å². The minimum Gasteiger partial charge on any atom is -0.467 e. The summed E-state index contributed by atoms with van der Waals surface area (Å²) in [5.74, 6) is -0.433. The summed E-state index contributed by atoms with van der Waals surface area (Å²) < 4.78 is 9.19. The van der Waals surface area contributed by atoms with Gasteiger partial charge in [0, 0.05) is 13.2 Å². The Hall–Kier alpha value is -0.610. The van der Waals surface area contributed by atoms with Crippen molar-refractivity contribution in [3.8, 4) is 0 Å². The summed E-state index contributed by atoms with van der Waals surface area (Å²) in [6.07, 6.45) is -0.648. The number of carbonyl (C=O) groups excluding carboxylic acids is 1. The molecule has 0 heterocycles. The normalized spacial score (nSPS) is 16.0. The van der Waals surface area contributed by atoms with E-state index in [1.807, 2.05) is 0 Å². The third kappa shape index (κ3) is 2.33. The molecule has 0 aliphatic rings. The molecule has 0 fully saturated rings. The number of hydrogen-bond acceptors (Lipinski definition) is 4. The zero-order chi connectivity index (χ0) is 8.15. The molecule has 0 aliphatic heterocycles. The maximum Gasteiger partial charge on any atom is 0.336 e. The van der Waals surface area contributed by atoms with Crippen LogP contribution in [0.1, 0.15) is 6.92 Å². The van der Waals surface area contributed by atoms with Crippen LogP contribution in [0.4, 0.5) is 0 Å². The fraction of sp³-hybridized carbons (Fsp3) is 0.833. The standard InChI is InChI=1S/C6H13NO3/c1-4(7)5(9-2)6(8)10-3/h4-5H,7H2,1-3H3. The lowest BCUT2D eigenvalue weighted by Gasteiger charge is -2.15. The van der Waals surface area contributed by atoms with Gasteiger partial charge in [-0.15, -0.1) is 0 Å². The number of hydrogen-bond donors (Lipinski definition) is 1. The van der Waals surface area contributed by atoms with E-state index in [-0.39, 0.29) is 6.04 Å². The third-order valence-electron chi connectivity index (χ3n) is 1.16. The minimum atomic E-state index is -0.648. The van der Waals surface area contributed by atoms with Crippen molar-refractivity contribution in [3.05, 3.63) is 0 Å². The van der Waals surface area contributed by atoms with Gasteiger partial charge < -0.3 is 15.2 Å². The second kappa shape index (κ2) is 4.24. The molecule has 0 saturated carbocycles. The van der Waals surface area contributed by atoms with Crippen LogP contribution in [0.5, 0.6) is 0 Å². The number of esters is 1. The Morgan fingerprint density at radius 1 is 1.50 bits per heavy atom. The highest BCUT2D eigenvalue weighted by molar-refractivity contribution is 5.75. The molecule has 0 saturated heterocycles. The maximum atomic E-state index is 10.8. The van der Waals surface area contributed by atoms with Gasteiger partial charge in [-0.3, -0.25) is 0 Å². The van der Waals surface area contributed by atoms with Crippen LogP contribution in [-0.2, 0) is 14.3 Å². The summed E-state index contributed by atoms with van der Waals surface area (Å²) in [6.45, 7) is 1.69. The van der Waals surface area contributed by atoms with Gasteiger partial charge in [0.25, 0.3) is 0 Å². The van der Waals surface area contributed by atoms with Gasteiger partial charge in [0.1, 0.15) is 0 Å². The van der Waals surface area contributed by atoms with Gasteiger partial charge >= 0.3 is 5.97 Å². The van der Waals surface area contributed by atoms with Crippen molar-refractivity contribution in [2.75, 3.05) is 14.2 Å². The van der Waals surface area contributed by atoms with E-state index in [1.54, 1.807) is 6.92 Å². The van der Waals surface area contributed by atoms with Crippen LogP contribution in [0.3, 0.4) is 0 Å². The largest absolute Gasteiger partial charge is 0.467 e. The molecule has 2 N–H and O–H groups in total. The van der Waals surface area contributed by atoms with Crippen molar-refractivity contribution in [3.63, 3.8) is 0 Å². The molecule has 0 radical (unpaired) electrons. The molecule has 0 amide bonds. The van der Waals surface area contributed by atoms with E-state index in [9.17, 15) is 4.79 Å². The quantitative estimate of drug-likeness (QED) is 0.548. The number of nitrogens with two attached hydrogens (primary N) is 1. The molecule has 0 bridgehead atoms. The van der Waals surface area contributed by atoms with Gasteiger partial charge in [0.05, 0.1) is 7.11 Å². The molecular weight excluding hydrogens is 134 g/mol. The van der Waals surface area contributed by atoms with Crippen LogP contribution in [0.25, 0.3) is 0 Å². The van der Waals surface area contributed by atoms with Crippen LogP contribution in [0.15, 0.2) is 0 Å². The van der Waals surface area contributed by atoms with Gasteiger partial charge in [0.2, 0.25) is 0 Å². The highest BCUT2D eigenvalue weighted by atomic mass is 16.6. The second-order valence-electron chi connectivity index (χ2n) is 2.04. The summed E-state index contributed by atoms with van der Waals surface area (Å²) in [7, 11) is 2.72. The van der Waals surface area contributed by atoms with Gasteiger partial charge in [-0.1, -0.05) is 0 Å². The smallest absolute Gasteiger partial charge is 0.336 e. The summed E-state index contributed by atoms with van der Waals surface area (Å²) in [5, 5.41) is 0. The van der Waals surface area contributed by atoms with E-state index >= 15 is 0 Å². The average Bonchev–Trinajstić information content (AvgIpc) is 1.88. The lowest BCUT2D eigenvalue weighted by Crippen LogP contribution is -2.40. The monoisotopic (exact) mass is 147 g/mol. The summed E-state index contributed by atoms with van der Waals surface area (Å²) in [4.78, 5) is 10.8. The van der Waals surface area contributed by atoms with Gasteiger partial charge in [-0.2, -0.15) is 0 Å². The highest BCUT2D eigenvalue weighted by Crippen LogP contribution is 1.96. The van der Waals surface area contributed by atoms with Gasteiger partial charge in [0.15, 0.2) is 6.10 Å². The lowest BCUT2D eigenvalue weighted by molar-refractivity contribution is -0.153. The van der Waals surface area contributed by atoms with Crippen LogP contribution in [0, 0.1) is 0 Å². The van der Waals surface area contributed by atoms with Crippen molar-refractivity contribution in [1.29, 1.82) is 0 Å². The zero-order valence-corrected chi connectivity index (χ0v) is 6.46. The fourth-order valence-electron chi connectivity index (χ4n) is 0.642. The molecule has 0 rings (SSSR count).